The van der Waals surface area contributed by atoms with E-state index in [2.05, 4.69) is 68.3 Å². The van der Waals surface area contributed by atoms with Crippen LogP contribution in [-0.2, 0) is 160 Å². The molecule has 0 saturated heterocycles. The van der Waals surface area contributed by atoms with E-state index in [9.17, 15) is 19.2 Å². The van der Waals surface area contributed by atoms with E-state index in [1.54, 1.807) is 42.0 Å². The Kier molecular flexibility index (Phi) is 141. The third-order valence-electron chi connectivity index (χ3n) is 2.85. The molecule has 0 saturated carbocycles. The summed E-state index contributed by atoms with van der Waals surface area (Å²) in [7, 11) is 11.3. The van der Waals surface area contributed by atoms with Crippen LogP contribution in [0, 0.1) is 46.3 Å². The molecule has 0 bridgehead atoms. The molecular weight excluding hydrogens is 1730 g/mol. The average Bonchev–Trinajstić information content (AvgIpc) is 3.78. The number of aromatic amines is 1. The molecule has 0 radical (unpaired) electrons. The smallest absolute Gasteiger partial charge is 0.0518 e. The average molecular weight is 1790 g/mol. The molecule has 318 valence electrons. The van der Waals surface area contributed by atoms with Crippen LogP contribution in [0.3, 0.4) is 0 Å². The van der Waals surface area contributed by atoms with Gasteiger partial charge in [0.2, 0.25) is 0 Å². The first kappa shape index (κ1) is 94.9. The number of carbonyl (C=O) groups excluding carboxylic acids is 4. The Morgan fingerprint density at radius 3 is 1.07 bits per heavy atom. The van der Waals surface area contributed by atoms with E-state index in [0.29, 0.717) is 11.1 Å². The van der Waals surface area contributed by atoms with Crippen molar-refractivity contribution in [2.45, 2.75) is 55.9 Å². The van der Waals surface area contributed by atoms with Crippen molar-refractivity contribution in [1.82, 2.24) is 40.4 Å². The van der Waals surface area contributed by atoms with Gasteiger partial charge in [0, 0.05) is 147 Å². The number of rotatable bonds is 4. The fourth-order valence-corrected chi connectivity index (χ4v) is 1.32. The standard InChI is InChI=1S/C5H8N2.C5H7N2.C4H5N2.2C4H5O.2C4H4O.2C2H7N.CH4.H4N2.6W/c2*1-5-3-6-7(2)4-5;1-4-2-5-6-3-4;4*1-4(2)3-5;2*1-3-2;;1-2;;;;;;/h3-4H,1-2H3;4H,1-2H3;2H,1H3,(H,5,6);2*1H2,2H3;2*1H,2H3;2*3H,1-2H3;1H4;1-2H2;;;;;;/q;4*-1;2*-2;;;;;;;;;;. The maximum atomic E-state index is 9.28. The molecule has 0 aliphatic rings. The number of hydrazine groups is 1. The molecule has 3 aromatic rings. The number of nitrogens with zero attached hydrogens (tertiary/aromatic N) is 5. The third-order valence-corrected chi connectivity index (χ3v) is 2.85. The predicted octanol–water partition coefficient (Wildman–Crippen LogP) is 3.18. The molecule has 0 atom stereocenters. The normalized spacial score (nSPS) is 6.53. The molecule has 3 aromatic heterocycles. The summed E-state index contributed by atoms with van der Waals surface area (Å²) in [5.41, 5.74) is 4.64. The molecule has 3 rings (SSSR count). The second-order valence-electron chi connectivity index (χ2n) is 8.80. The molecule has 0 aliphatic carbocycles. The molecule has 0 aliphatic heterocycles. The number of nitrogens with one attached hydrogen (secondary N) is 3. The van der Waals surface area contributed by atoms with Crippen LogP contribution in [0.15, 0.2) is 60.2 Å². The molecule has 0 amide bonds. The van der Waals surface area contributed by atoms with Gasteiger partial charge in [-0.05, 0) is 53.3 Å². The Bertz CT molecular complexity index is 1060. The third kappa shape index (κ3) is 134. The molecule has 0 spiro atoms. The largest absolute Gasteiger partial charge is 0.544 e. The molecule has 20 heteroatoms. The van der Waals surface area contributed by atoms with Crippen molar-refractivity contribution in [3.05, 3.63) is 102 Å². The van der Waals surface area contributed by atoms with Crippen molar-refractivity contribution in [3.8, 4) is 0 Å². The van der Waals surface area contributed by atoms with Gasteiger partial charge in [-0.15, -0.1) is 38.6 Å². The van der Waals surface area contributed by atoms with Crippen LogP contribution in [0.5, 0.6) is 0 Å². The van der Waals surface area contributed by atoms with Crippen molar-refractivity contribution in [1.29, 1.82) is 0 Å². The SMILES string of the molecule is C.C=C(C)[C-]=O.C=C(C)[C-]=O.CNC.CNC.Cc1[c-]n[nH]c1.Cc1[c-]nn(C)c1.Cc1cnn(C)c1.NN.[CH-]=C(C)[C-]=O.[CH-]=C(C)[C-]=O.[W].[W].[W].[W].[W].[W]. The Balaban J connectivity index is -0.0000000284. The van der Waals surface area contributed by atoms with Crippen LogP contribution in [0.2, 0.25) is 0 Å². The fourth-order valence-electron chi connectivity index (χ4n) is 1.32. The van der Waals surface area contributed by atoms with Crippen molar-refractivity contribution < 1.29 is 146 Å². The summed E-state index contributed by atoms with van der Waals surface area (Å²) in [5.74, 6) is 8.00. The summed E-state index contributed by atoms with van der Waals surface area (Å²) in [4.78, 5) is 37.0. The Hall–Kier alpha value is -0.760. The van der Waals surface area contributed by atoms with Gasteiger partial charge in [0.05, 0.1) is 6.20 Å². The fraction of sp³-hybridized carbons (Fsp3) is 0.400. The molecule has 55 heavy (non-hydrogen) atoms. The van der Waals surface area contributed by atoms with E-state index in [0.717, 1.165) is 11.1 Å². The van der Waals surface area contributed by atoms with Gasteiger partial charge < -0.3 is 74.1 Å². The quantitative estimate of drug-likeness (QED) is 0.111. The molecule has 7 N–H and O–H groups in total. The van der Waals surface area contributed by atoms with Gasteiger partial charge in [-0.2, -0.15) is 27.4 Å². The molecule has 0 unspecified atom stereocenters. The molecular formula is C35H60N10O4W6-8. The van der Waals surface area contributed by atoms with Gasteiger partial charge in [-0.1, -0.05) is 35.1 Å². The molecule has 3 heterocycles. The number of hydrogen-bond donors (Lipinski definition) is 5. The van der Waals surface area contributed by atoms with E-state index in [4.69, 9.17) is 13.2 Å². The first-order valence-electron chi connectivity index (χ1n) is 13.6. The number of aromatic nitrogens is 6. The van der Waals surface area contributed by atoms with E-state index < -0.39 is 0 Å². The summed E-state index contributed by atoms with van der Waals surface area (Å²) >= 11 is 0. The zero-order valence-corrected chi connectivity index (χ0v) is 51.0. The van der Waals surface area contributed by atoms with Crippen molar-refractivity contribution in [2.75, 3.05) is 28.2 Å². The second kappa shape index (κ2) is 81.4. The summed E-state index contributed by atoms with van der Waals surface area (Å²) in [5, 5.41) is 19.4. The monoisotopic (exact) mass is 1790 g/mol. The number of nitrogens with two attached hydrogens (primary N) is 2. The van der Waals surface area contributed by atoms with Gasteiger partial charge in [0.1, 0.15) is 0 Å². The molecule has 0 aromatic carbocycles. The maximum Gasteiger partial charge on any atom is 0.0518 e. The summed E-state index contributed by atoms with van der Waals surface area (Å²) in [6.45, 7) is 28.2. The summed E-state index contributed by atoms with van der Waals surface area (Å²) < 4.78 is 3.52. The number of aryl methyl sites for hydroxylation is 5. The first-order chi connectivity index (χ1) is 22.4. The minimum atomic E-state index is 0. The van der Waals surface area contributed by atoms with Crippen molar-refractivity contribution in [2.24, 2.45) is 25.8 Å². The van der Waals surface area contributed by atoms with Gasteiger partial charge in [0.25, 0.3) is 0 Å². The summed E-state index contributed by atoms with van der Waals surface area (Å²) in [6.07, 6.45) is 19.1. The zero-order chi connectivity index (χ0) is 39.5. The van der Waals surface area contributed by atoms with E-state index in [1.807, 2.05) is 81.6 Å². The topological polar surface area (TPSA) is 209 Å². The van der Waals surface area contributed by atoms with Gasteiger partial charge in [-0.3, -0.25) is 28.9 Å². The van der Waals surface area contributed by atoms with Gasteiger partial charge >= 0.3 is 0 Å². The Morgan fingerprint density at radius 1 is 0.709 bits per heavy atom. The Morgan fingerprint density at radius 2 is 1.02 bits per heavy atom. The van der Waals surface area contributed by atoms with Crippen LogP contribution in [0.25, 0.3) is 0 Å². The maximum absolute atomic E-state index is 9.28. The molecule has 14 nitrogen and oxygen atoms in total. The van der Waals surface area contributed by atoms with Crippen LogP contribution in [0.1, 0.15) is 51.8 Å². The van der Waals surface area contributed by atoms with Gasteiger partial charge in [-0.25, -0.2) is 13.2 Å². The number of hydrogen-bond acceptors (Lipinski definition) is 11. The minimum absolute atomic E-state index is 0. The van der Waals surface area contributed by atoms with Gasteiger partial charge in [0.15, 0.2) is 0 Å². The second-order valence-corrected chi connectivity index (χ2v) is 8.80. The number of H-pyrrole nitrogens is 1. The van der Waals surface area contributed by atoms with Crippen molar-refractivity contribution in [3.63, 3.8) is 0 Å². The Labute approximate surface area is 419 Å². The van der Waals surface area contributed by atoms with E-state index >= 15 is 0 Å². The first-order valence-corrected chi connectivity index (χ1v) is 13.6. The van der Waals surface area contributed by atoms with Crippen LogP contribution in [-0.4, -0.2) is 83.1 Å². The van der Waals surface area contributed by atoms with Crippen LogP contribution < -0.4 is 22.3 Å². The van der Waals surface area contributed by atoms with E-state index in [-0.39, 0.29) is 145 Å². The minimum Gasteiger partial charge on any atom is -0.544 e. The van der Waals surface area contributed by atoms with Crippen LogP contribution in [0.4, 0.5) is 0 Å². The molecule has 0 fully saturated rings. The zero-order valence-electron chi connectivity index (χ0n) is 33.4. The van der Waals surface area contributed by atoms with E-state index in [1.165, 1.54) is 32.0 Å². The summed E-state index contributed by atoms with van der Waals surface area (Å²) in [6, 6.07) is 0. The predicted molar refractivity (Wildman–Crippen MR) is 201 cm³/mol. The number of allylic oxidation sites excluding steroid dienone is 4. The van der Waals surface area contributed by atoms with Crippen molar-refractivity contribution >= 4 is 25.1 Å². The van der Waals surface area contributed by atoms with Crippen LogP contribution >= 0.6 is 0 Å².